The van der Waals surface area contributed by atoms with E-state index in [0.29, 0.717) is 9.99 Å². The first-order valence-corrected chi connectivity index (χ1v) is 5.26. The molecule has 0 bridgehead atoms. The van der Waals surface area contributed by atoms with E-state index in [1.54, 1.807) is 12.1 Å². The molecule has 84 valence electrons. The molecule has 0 aliphatic heterocycles. The summed E-state index contributed by atoms with van der Waals surface area (Å²) in [5, 5.41) is 0. The topological polar surface area (TPSA) is 34.4 Å². The molecule has 0 aliphatic carbocycles. The van der Waals surface area contributed by atoms with Gasteiger partial charge in [-0.1, -0.05) is 0 Å². The van der Waals surface area contributed by atoms with Crippen molar-refractivity contribution in [1.29, 1.82) is 0 Å². The lowest BCUT2D eigenvalue weighted by Crippen LogP contribution is -1.94. The summed E-state index contributed by atoms with van der Waals surface area (Å²) < 4.78 is 27.3. The average molecular weight is 289 g/mol. The normalized spacial score (nSPS) is 11.3. The third-order valence-electron chi connectivity index (χ3n) is 2.16. The quantitative estimate of drug-likeness (QED) is 0.795. The second kappa shape index (κ2) is 3.93. The molecule has 6 heteroatoms. The fraction of sp³-hybridized carbons (Fsp3) is 0.200. The second-order valence-corrected chi connectivity index (χ2v) is 4.19. The molecule has 0 unspecified atom stereocenters. The maximum Gasteiger partial charge on any atom is 0.295 e. The van der Waals surface area contributed by atoms with Crippen molar-refractivity contribution in [3.8, 4) is 0 Å². The number of carbonyl (C=O) groups excluding carboxylic acids is 1. The molecule has 0 aliphatic rings. The number of pyridine rings is 1. The Kier molecular flexibility index (Phi) is 2.75. The summed E-state index contributed by atoms with van der Waals surface area (Å²) in [7, 11) is 0. The van der Waals surface area contributed by atoms with Gasteiger partial charge in [0, 0.05) is 17.6 Å². The predicted octanol–water partition coefficient (Wildman–Crippen LogP) is 3.24. The smallest absolute Gasteiger partial charge is 0.295 e. The number of imidazole rings is 1. The molecule has 0 spiro atoms. The Morgan fingerprint density at radius 2 is 2.19 bits per heavy atom. The highest BCUT2D eigenvalue weighted by molar-refractivity contribution is 9.10. The van der Waals surface area contributed by atoms with E-state index in [-0.39, 0.29) is 11.5 Å². The third-order valence-corrected chi connectivity index (χ3v) is 2.63. The molecule has 2 aromatic rings. The van der Waals surface area contributed by atoms with Gasteiger partial charge < -0.3 is 0 Å². The van der Waals surface area contributed by atoms with Crippen LogP contribution in [-0.2, 0) is 0 Å². The van der Waals surface area contributed by atoms with Crippen molar-refractivity contribution in [2.75, 3.05) is 0 Å². The minimum atomic E-state index is -2.71. The predicted molar refractivity (Wildman–Crippen MR) is 57.9 cm³/mol. The number of fused-ring (bicyclic) bond motifs is 1. The second-order valence-electron chi connectivity index (χ2n) is 3.28. The number of Topliss-reactive ketones (excluding diaryl/α,β-unsaturated/α-hetero) is 1. The summed E-state index contributed by atoms with van der Waals surface area (Å²) in [4.78, 5) is 14.9. The SMILES string of the molecule is CC(=O)c1nc(C(F)F)n2cc(Br)ccc12. The number of nitrogens with zero attached hydrogens (tertiary/aromatic N) is 2. The number of aromatic nitrogens is 2. The van der Waals surface area contributed by atoms with Crippen LogP contribution in [0.1, 0.15) is 29.7 Å². The zero-order chi connectivity index (χ0) is 11.9. The van der Waals surface area contributed by atoms with Crippen LogP contribution in [0.2, 0.25) is 0 Å². The van der Waals surface area contributed by atoms with Crippen molar-refractivity contribution in [2.24, 2.45) is 0 Å². The lowest BCUT2D eigenvalue weighted by Gasteiger charge is -1.99. The third kappa shape index (κ3) is 1.73. The summed E-state index contributed by atoms with van der Waals surface area (Å²) in [5.74, 6) is -0.742. The molecule has 2 aromatic heterocycles. The van der Waals surface area contributed by atoms with Crippen molar-refractivity contribution in [2.45, 2.75) is 13.3 Å². The summed E-state index contributed by atoms with van der Waals surface area (Å²) >= 11 is 3.18. The molecule has 0 saturated carbocycles. The van der Waals surface area contributed by atoms with Crippen LogP contribution in [0.4, 0.5) is 8.78 Å². The lowest BCUT2D eigenvalue weighted by molar-refractivity contribution is 0.101. The molecule has 2 rings (SSSR count). The number of rotatable bonds is 2. The largest absolute Gasteiger partial charge is 0.297 e. The van der Waals surface area contributed by atoms with E-state index in [1.807, 2.05) is 0 Å². The maximum atomic E-state index is 12.7. The van der Waals surface area contributed by atoms with Crippen LogP contribution in [-0.4, -0.2) is 15.2 Å². The minimum absolute atomic E-state index is 0.0720. The van der Waals surface area contributed by atoms with Gasteiger partial charge in [0.05, 0.1) is 5.52 Å². The van der Waals surface area contributed by atoms with E-state index >= 15 is 0 Å². The molecule has 2 heterocycles. The monoisotopic (exact) mass is 288 g/mol. The van der Waals surface area contributed by atoms with Gasteiger partial charge in [-0.05, 0) is 28.1 Å². The summed E-state index contributed by atoms with van der Waals surface area (Å²) in [6.45, 7) is 1.31. The van der Waals surface area contributed by atoms with Crippen molar-refractivity contribution in [3.63, 3.8) is 0 Å². The summed E-state index contributed by atoms with van der Waals surface area (Å²) in [6, 6.07) is 3.26. The van der Waals surface area contributed by atoms with E-state index in [4.69, 9.17) is 0 Å². The Hall–Kier alpha value is -1.30. The number of alkyl halides is 2. The number of halogens is 3. The van der Waals surface area contributed by atoms with Gasteiger partial charge in [-0.3, -0.25) is 9.20 Å². The van der Waals surface area contributed by atoms with Gasteiger partial charge in [0.1, 0.15) is 5.69 Å². The molecule has 0 amide bonds. The fourth-order valence-electron chi connectivity index (χ4n) is 1.50. The van der Waals surface area contributed by atoms with E-state index in [2.05, 4.69) is 20.9 Å². The van der Waals surface area contributed by atoms with Gasteiger partial charge in [-0.2, -0.15) is 0 Å². The highest BCUT2D eigenvalue weighted by atomic mass is 79.9. The molecular formula is C10H7BrF2N2O. The first-order valence-electron chi connectivity index (χ1n) is 4.47. The molecule has 0 radical (unpaired) electrons. The lowest BCUT2D eigenvalue weighted by atomic mass is 10.2. The molecule has 16 heavy (non-hydrogen) atoms. The first kappa shape index (κ1) is 11.2. The Bertz CT molecular complexity index is 565. The van der Waals surface area contributed by atoms with Crippen LogP contribution in [0, 0.1) is 0 Å². The highest BCUT2D eigenvalue weighted by Crippen LogP contribution is 2.24. The maximum absolute atomic E-state index is 12.7. The number of ketones is 1. The van der Waals surface area contributed by atoms with Gasteiger partial charge in [0.15, 0.2) is 11.6 Å². The van der Waals surface area contributed by atoms with E-state index < -0.39 is 12.2 Å². The zero-order valence-electron chi connectivity index (χ0n) is 8.25. The Morgan fingerprint density at radius 1 is 1.50 bits per heavy atom. The fourth-order valence-corrected chi connectivity index (χ4v) is 1.83. The Balaban J connectivity index is 2.81. The van der Waals surface area contributed by atoms with Crippen LogP contribution in [0.25, 0.3) is 5.52 Å². The van der Waals surface area contributed by atoms with Gasteiger partial charge in [-0.25, -0.2) is 13.8 Å². The first-order chi connectivity index (χ1) is 7.50. The van der Waals surface area contributed by atoms with E-state index in [9.17, 15) is 13.6 Å². The van der Waals surface area contributed by atoms with E-state index in [0.717, 1.165) is 0 Å². The average Bonchev–Trinajstić information content (AvgIpc) is 2.56. The summed E-state index contributed by atoms with van der Waals surface area (Å²) in [5.41, 5.74) is 0.466. The van der Waals surface area contributed by atoms with Crippen molar-refractivity contribution in [1.82, 2.24) is 9.38 Å². The van der Waals surface area contributed by atoms with E-state index in [1.165, 1.54) is 17.5 Å². The van der Waals surface area contributed by atoms with Crippen LogP contribution in [0.5, 0.6) is 0 Å². The molecule has 0 aromatic carbocycles. The molecular weight excluding hydrogens is 282 g/mol. The van der Waals surface area contributed by atoms with Crippen LogP contribution in [0.15, 0.2) is 22.8 Å². The van der Waals surface area contributed by atoms with Crippen molar-refractivity contribution < 1.29 is 13.6 Å². The van der Waals surface area contributed by atoms with Crippen LogP contribution >= 0.6 is 15.9 Å². The van der Waals surface area contributed by atoms with Crippen molar-refractivity contribution >= 4 is 27.2 Å². The summed E-state index contributed by atoms with van der Waals surface area (Å²) in [6.07, 6.45) is -1.24. The highest BCUT2D eigenvalue weighted by Gasteiger charge is 2.20. The molecule has 0 N–H and O–H groups in total. The standard InChI is InChI=1S/C10H7BrF2N2O/c1-5(16)8-7-3-2-6(11)4-15(7)10(14-8)9(12)13/h2-4,9H,1H3. The number of carbonyl (C=O) groups is 1. The number of hydrogen-bond acceptors (Lipinski definition) is 2. The number of hydrogen-bond donors (Lipinski definition) is 0. The minimum Gasteiger partial charge on any atom is -0.297 e. The van der Waals surface area contributed by atoms with Crippen LogP contribution in [0.3, 0.4) is 0 Å². The van der Waals surface area contributed by atoms with Crippen LogP contribution < -0.4 is 0 Å². The Morgan fingerprint density at radius 3 is 2.75 bits per heavy atom. The molecule has 0 saturated heterocycles. The van der Waals surface area contributed by atoms with Gasteiger partial charge >= 0.3 is 0 Å². The van der Waals surface area contributed by atoms with Crippen molar-refractivity contribution in [3.05, 3.63) is 34.3 Å². The van der Waals surface area contributed by atoms with Gasteiger partial charge in [0.25, 0.3) is 6.43 Å². The molecule has 3 nitrogen and oxygen atoms in total. The Labute approximate surface area is 98.2 Å². The molecule has 0 fully saturated rings. The van der Waals surface area contributed by atoms with Gasteiger partial charge in [-0.15, -0.1) is 0 Å². The molecule has 0 atom stereocenters. The van der Waals surface area contributed by atoms with Gasteiger partial charge in [0.2, 0.25) is 0 Å². The zero-order valence-corrected chi connectivity index (χ0v) is 9.83.